The lowest BCUT2D eigenvalue weighted by Crippen LogP contribution is -2.37. The molecule has 1 aliphatic rings. The molecule has 0 spiro atoms. The Morgan fingerprint density at radius 1 is 1.26 bits per heavy atom. The van der Waals surface area contributed by atoms with Crippen LogP contribution in [0.3, 0.4) is 0 Å². The number of carbonyl (C=O) groups is 2. The summed E-state index contributed by atoms with van der Waals surface area (Å²) in [5.74, 6) is 0.356. The molecule has 1 aromatic rings. The average Bonchev–Trinajstić information content (AvgIpc) is 2.46. The lowest BCUT2D eigenvalue weighted by molar-refractivity contribution is -0.137. The maximum Gasteiger partial charge on any atom is 0.315 e. The second-order valence-electron chi connectivity index (χ2n) is 4.40. The molecule has 0 fully saturated rings. The van der Waals surface area contributed by atoms with Crippen molar-refractivity contribution in [3.63, 3.8) is 0 Å². The number of methoxy groups -OCH3 is 1. The van der Waals surface area contributed by atoms with Crippen LogP contribution in [0.5, 0.6) is 0 Å². The minimum atomic E-state index is -0.290. The molecule has 0 radical (unpaired) electrons. The number of thioether (sulfide) groups is 1. The van der Waals surface area contributed by atoms with E-state index in [1.165, 1.54) is 30.0 Å². The van der Waals surface area contributed by atoms with Gasteiger partial charge in [-0.2, -0.15) is 0 Å². The van der Waals surface area contributed by atoms with E-state index >= 15 is 0 Å². The Labute approximate surface area is 117 Å². The van der Waals surface area contributed by atoms with E-state index in [1.807, 2.05) is 17.0 Å². The Balaban J connectivity index is 1.83. The van der Waals surface area contributed by atoms with Gasteiger partial charge in [0.1, 0.15) is 0 Å². The Bertz CT molecular complexity index is 476. The summed E-state index contributed by atoms with van der Waals surface area (Å²) in [6, 6.07) is 8.21. The molecule has 0 aromatic heterocycles. The van der Waals surface area contributed by atoms with Gasteiger partial charge in [0.2, 0.25) is 5.91 Å². The second-order valence-corrected chi connectivity index (χ2v) is 5.39. The minimum Gasteiger partial charge on any atom is -0.468 e. The highest BCUT2D eigenvalue weighted by atomic mass is 32.2. The van der Waals surface area contributed by atoms with Gasteiger partial charge in [0.05, 0.1) is 18.6 Å². The van der Waals surface area contributed by atoms with Crippen LogP contribution in [0.25, 0.3) is 0 Å². The highest BCUT2D eigenvalue weighted by Gasteiger charge is 2.20. The highest BCUT2D eigenvalue weighted by molar-refractivity contribution is 8.00. The summed E-state index contributed by atoms with van der Waals surface area (Å²) in [7, 11) is 1.35. The number of benzene rings is 1. The molecule has 2 rings (SSSR count). The monoisotopic (exact) mass is 279 g/mol. The van der Waals surface area contributed by atoms with Crippen LogP contribution in [0, 0.1) is 0 Å². The van der Waals surface area contributed by atoms with E-state index in [1.54, 1.807) is 0 Å². The molecule has 102 valence electrons. The number of fused-ring (bicyclic) bond motifs is 1. The Kier molecular flexibility index (Phi) is 4.85. The molecule has 0 N–H and O–H groups in total. The van der Waals surface area contributed by atoms with E-state index < -0.39 is 0 Å². The summed E-state index contributed by atoms with van der Waals surface area (Å²) < 4.78 is 4.54. The number of nitrogens with zero attached hydrogens (tertiary/aromatic N) is 1. The minimum absolute atomic E-state index is 0.0865. The molecule has 19 heavy (non-hydrogen) atoms. The Morgan fingerprint density at radius 3 is 2.74 bits per heavy atom. The van der Waals surface area contributed by atoms with Crippen LogP contribution in [0.2, 0.25) is 0 Å². The maximum absolute atomic E-state index is 12.0. The van der Waals surface area contributed by atoms with E-state index in [0.717, 1.165) is 13.0 Å². The van der Waals surface area contributed by atoms with Gasteiger partial charge in [0, 0.05) is 13.1 Å². The first-order chi connectivity index (χ1) is 9.20. The normalized spacial score (nSPS) is 13.8. The molecule has 5 heteroatoms. The first kappa shape index (κ1) is 13.9. The lowest BCUT2D eigenvalue weighted by Gasteiger charge is -2.28. The maximum atomic E-state index is 12.0. The average molecular weight is 279 g/mol. The number of rotatable bonds is 4. The van der Waals surface area contributed by atoms with E-state index in [9.17, 15) is 9.59 Å². The van der Waals surface area contributed by atoms with Crippen molar-refractivity contribution in [2.45, 2.75) is 13.0 Å². The van der Waals surface area contributed by atoms with Crippen molar-refractivity contribution in [2.75, 3.05) is 25.2 Å². The number of hydrogen-bond acceptors (Lipinski definition) is 4. The van der Waals surface area contributed by atoms with Crippen LogP contribution in [-0.4, -0.2) is 41.9 Å². The molecule has 0 unspecified atom stereocenters. The van der Waals surface area contributed by atoms with Crippen LogP contribution in [0.4, 0.5) is 0 Å². The lowest BCUT2D eigenvalue weighted by atomic mass is 10.00. The van der Waals surface area contributed by atoms with Gasteiger partial charge < -0.3 is 9.64 Å². The predicted molar refractivity (Wildman–Crippen MR) is 74.9 cm³/mol. The summed E-state index contributed by atoms with van der Waals surface area (Å²) in [6.45, 7) is 1.43. The number of hydrogen-bond donors (Lipinski definition) is 0. The molecule has 1 amide bonds. The van der Waals surface area contributed by atoms with Gasteiger partial charge in [0.15, 0.2) is 0 Å². The molecule has 0 saturated carbocycles. The van der Waals surface area contributed by atoms with E-state index in [4.69, 9.17) is 0 Å². The molecule has 0 saturated heterocycles. The van der Waals surface area contributed by atoms with Crippen molar-refractivity contribution in [1.29, 1.82) is 0 Å². The van der Waals surface area contributed by atoms with Crippen molar-refractivity contribution in [1.82, 2.24) is 4.90 Å². The third-order valence-electron chi connectivity index (χ3n) is 3.16. The van der Waals surface area contributed by atoms with Gasteiger partial charge in [-0.15, -0.1) is 11.8 Å². The zero-order valence-corrected chi connectivity index (χ0v) is 11.7. The van der Waals surface area contributed by atoms with Crippen molar-refractivity contribution >= 4 is 23.6 Å². The number of esters is 1. The van der Waals surface area contributed by atoms with Gasteiger partial charge in [-0.05, 0) is 17.5 Å². The standard InChI is InChI=1S/C14H17NO3S/c1-18-14(17)10-19-9-13(16)15-7-6-11-4-2-3-5-12(11)8-15/h2-5H,6-10H2,1H3. The summed E-state index contributed by atoms with van der Waals surface area (Å²) in [6.07, 6.45) is 0.906. The molecular formula is C14H17NO3S. The number of amides is 1. The number of carbonyl (C=O) groups excluding carboxylic acids is 2. The van der Waals surface area contributed by atoms with Crippen molar-refractivity contribution in [3.05, 3.63) is 35.4 Å². The van der Waals surface area contributed by atoms with E-state index in [0.29, 0.717) is 12.3 Å². The zero-order valence-electron chi connectivity index (χ0n) is 10.9. The summed E-state index contributed by atoms with van der Waals surface area (Å²) >= 11 is 1.30. The smallest absolute Gasteiger partial charge is 0.315 e. The largest absolute Gasteiger partial charge is 0.468 e. The Hall–Kier alpha value is -1.49. The molecule has 1 heterocycles. The van der Waals surface area contributed by atoms with Crippen LogP contribution in [-0.2, 0) is 27.3 Å². The van der Waals surface area contributed by atoms with Gasteiger partial charge in [-0.3, -0.25) is 9.59 Å². The fourth-order valence-corrected chi connectivity index (χ4v) is 2.82. The van der Waals surface area contributed by atoms with E-state index in [-0.39, 0.29) is 17.6 Å². The number of ether oxygens (including phenoxy) is 1. The predicted octanol–water partition coefficient (Wildman–Crippen LogP) is 1.48. The van der Waals surface area contributed by atoms with Crippen LogP contribution in [0.15, 0.2) is 24.3 Å². The molecule has 0 atom stereocenters. The molecule has 4 nitrogen and oxygen atoms in total. The first-order valence-electron chi connectivity index (χ1n) is 6.20. The van der Waals surface area contributed by atoms with E-state index in [2.05, 4.69) is 16.9 Å². The summed E-state index contributed by atoms with van der Waals surface area (Å²) in [5, 5.41) is 0. The van der Waals surface area contributed by atoms with Gasteiger partial charge in [-0.1, -0.05) is 24.3 Å². The topological polar surface area (TPSA) is 46.6 Å². The van der Waals surface area contributed by atoms with Crippen molar-refractivity contribution < 1.29 is 14.3 Å². The molecule has 1 aliphatic heterocycles. The molecule has 1 aromatic carbocycles. The first-order valence-corrected chi connectivity index (χ1v) is 7.35. The quantitative estimate of drug-likeness (QED) is 0.783. The third-order valence-corrected chi connectivity index (χ3v) is 4.05. The molecular weight excluding hydrogens is 262 g/mol. The SMILES string of the molecule is COC(=O)CSCC(=O)N1CCc2ccccc2C1. The zero-order chi connectivity index (χ0) is 13.7. The van der Waals surface area contributed by atoms with Crippen LogP contribution in [0.1, 0.15) is 11.1 Å². The van der Waals surface area contributed by atoms with Gasteiger partial charge in [0.25, 0.3) is 0 Å². The third kappa shape index (κ3) is 3.73. The van der Waals surface area contributed by atoms with Crippen molar-refractivity contribution in [2.24, 2.45) is 0 Å². The second kappa shape index (κ2) is 6.61. The molecule has 0 aliphatic carbocycles. The fraction of sp³-hybridized carbons (Fsp3) is 0.429. The highest BCUT2D eigenvalue weighted by Crippen LogP contribution is 2.19. The molecule has 0 bridgehead atoms. The van der Waals surface area contributed by atoms with Gasteiger partial charge in [-0.25, -0.2) is 0 Å². The fourth-order valence-electron chi connectivity index (χ4n) is 2.08. The summed E-state index contributed by atoms with van der Waals surface area (Å²) in [5.41, 5.74) is 2.55. The van der Waals surface area contributed by atoms with Crippen molar-refractivity contribution in [3.8, 4) is 0 Å². The van der Waals surface area contributed by atoms with Crippen LogP contribution >= 0.6 is 11.8 Å². The van der Waals surface area contributed by atoms with Crippen LogP contribution < -0.4 is 0 Å². The Morgan fingerprint density at radius 2 is 2.00 bits per heavy atom. The summed E-state index contributed by atoms with van der Waals surface area (Å²) in [4.78, 5) is 24.8. The van der Waals surface area contributed by atoms with Gasteiger partial charge >= 0.3 is 5.97 Å².